The van der Waals surface area contributed by atoms with Crippen LogP contribution in [0.25, 0.3) is 0 Å². The van der Waals surface area contributed by atoms with E-state index < -0.39 is 21.8 Å². The van der Waals surface area contributed by atoms with Gasteiger partial charge in [-0.05, 0) is 44.4 Å². The first kappa shape index (κ1) is 28.5. The fourth-order valence-electron chi connectivity index (χ4n) is 3.11. The molecule has 15 N–H and O–H groups in total. The lowest BCUT2D eigenvalue weighted by atomic mass is 10.1. The van der Waals surface area contributed by atoms with E-state index in [0.29, 0.717) is 31.7 Å². The Kier molecular flexibility index (Phi) is 13.0. The van der Waals surface area contributed by atoms with E-state index in [1.165, 1.54) is 0 Å². The molecule has 1 aliphatic rings. The summed E-state index contributed by atoms with van der Waals surface area (Å²) < 4.78 is 36.3. The summed E-state index contributed by atoms with van der Waals surface area (Å²) in [6, 6.07) is 3.31. The summed E-state index contributed by atoms with van der Waals surface area (Å²) in [5, 5.41) is 17.3. The van der Waals surface area contributed by atoms with Crippen molar-refractivity contribution in [1.82, 2.24) is 10.3 Å². The second kappa shape index (κ2) is 14.6. The van der Waals surface area contributed by atoms with Crippen molar-refractivity contribution in [1.29, 1.82) is 0 Å². The first-order valence-corrected chi connectivity index (χ1v) is 12.9. The molecule has 1 unspecified atom stereocenters. The molecular formula is C17H37N9O4S2. The molecule has 0 aliphatic carbocycles. The van der Waals surface area contributed by atoms with E-state index in [0.717, 1.165) is 32.4 Å². The number of hydrogen-bond acceptors (Lipinski definition) is 11. The van der Waals surface area contributed by atoms with Crippen LogP contribution in [-0.2, 0) is 11.0 Å². The molecule has 1 saturated heterocycles. The largest absolute Gasteiger partial charge is 0.395 e. The zero-order valence-corrected chi connectivity index (χ0v) is 19.7. The predicted octanol–water partition coefficient (Wildman–Crippen LogP) is -1.36. The van der Waals surface area contributed by atoms with Crippen LogP contribution in [0.2, 0.25) is 0 Å². The maximum absolute atomic E-state index is 12.8. The van der Waals surface area contributed by atoms with Gasteiger partial charge in [0.25, 0.3) is 0 Å². The molecule has 32 heavy (non-hydrogen) atoms. The topological polar surface area (TPSA) is 248 Å². The summed E-state index contributed by atoms with van der Waals surface area (Å²) in [5.74, 6) is 5.19. The lowest BCUT2D eigenvalue weighted by Crippen LogP contribution is -2.34. The molecule has 1 aliphatic heterocycles. The van der Waals surface area contributed by atoms with E-state index >= 15 is 0 Å². The van der Waals surface area contributed by atoms with E-state index in [1.807, 2.05) is 0 Å². The van der Waals surface area contributed by atoms with E-state index in [1.54, 1.807) is 12.1 Å². The number of nitrogens with two attached hydrogens (primary N) is 5. The molecule has 1 aromatic rings. The Balaban J connectivity index is 0.00000118. The monoisotopic (exact) mass is 495 g/mol. The van der Waals surface area contributed by atoms with Gasteiger partial charge in [-0.15, -0.1) is 15.9 Å². The number of nitrogens with one attached hydrogen (secondary N) is 2. The highest BCUT2D eigenvalue weighted by molar-refractivity contribution is 8.22. The number of nitrogens with zero attached hydrogens (tertiary/aromatic N) is 2. The summed E-state index contributed by atoms with van der Waals surface area (Å²) in [7, 11) is -5.53. The van der Waals surface area contributed by atoms with Crippen LogP contribution in [0.1, 0.15) is 31.2 Å². The van der Waals surface area contributed by atoms with Crippen molar-refractivity contribution >= 4 is 33.3 Å². The average molecular weight is 496 g/mol. The predicted molar refractivity (Wildman–Crippen MR) is 130 cm³/mol. The Morgan fingerprint density at radius 3 is 2.31 bits per heavy atom. The number of aliphatic hydroxyl groups is 1. The Morgan fingerprint density at radius 2 is 1.81 bits per heavy atom. The SMILES string of the molecule is NCCCNS(=O)c1ccc(N2CCCCC2)c(/C(N)=N/NN)c1S(N)(O)O.NCCO. The van der Waals surface area contributed by atoms with Crippen molar-refractivity contribution in [2.45, 2.75) is 35.5 Å². The maximum Gasteiger partial charge on any atom is 0.156 e. The molecule has 0 amide bonds. The first-order valence-electron chi connectivity index (χ1n) is 10.2. The molecule has 2 rings (SSSR count). The van der Waals surface area contributed by atoms with Crippen LogP contribution < -0.4 is 43.3 Å². The average Bonchev–Trinajstić information content (AvgIpc) is 2.78. The highest BCUT2D eigenvalue weighted by Gasteiger charge is 2.30. The van der Waals surface area contributed by atoms with E-state index in [9.17, 15) is 13.3 Å². The first-order chi connectivity index (χ1) is 15.2. The number of amidine groups is 1. The van der Waals surface area contributed by atoms with E-state index in [-0.39, 0.29) is 27.8 Å². The summed E-state index contributed by atoms with van der Waals surface area (Å²) in [6.07, 6.45) is 3.72. The third-order valence-corrected chi connectivity index (χ3v) is 6.84. The van der Waals surface area contributed by atoms with Crippen LogP contribution in [-0.4, -0.2) is 63.6 Å². The number of piperidine rings is 1. The summed E-state index contributed by atoms with van der Waals surface area (Å²) in [6.45, 7) is 2.85. The van der Waals surface area contributed by atoms with Crippen molar-refractivity contribution < 1.29 is 18.4 Å². The number of aliphatic hydroxyl groups excluding tert-OH is 1. The van der Waals surface area contributed by atoms with E-state index in [2.05, 4.69) is 20.3 Å². The lowest BCUT2D eigenvalue weighted by molar-refractivity contribution is 0.306. The minimum atomic E-state index is -3.78. The van der Waals surface area contributed by atoms with Gasteiger partial charge in [0.1, 0.15) is 15.9 Å². The molecule has 1 heterocycles. The molecular weight excluding hydrogens is 458 g/mol. The molecule has 0 saturated carbocycles. The molecule has 0 radical (unpaired) electrons. The molecule has 1 fully saturated rings. The minimum Gasteiger partial charge on any atom is -0.395 e. The second-order valence-electron chi connectivity index (χ2n) is 6.87. The summed E-state index contributed by atoms with van der Waals surface area (Å²) >= 11 is 0. The fourth-order valence-corrected chi connectivity index (χ4v) is 5.53. The molecule has 0 bridgehead atoms. The highest BCUT2D eigenvalue weighted by Crippen LogP contribution is 2.48. The van der Waals surface area contributed by atoms with Gasteiger partial charge in [0, 0.05) is 31.9 Å². The van der Waals surface area contributed by atoms with Gasteiger partial charge in [-0.25, -0.2) is 25.4 Å². The van der Waals surface area contributed by atoms with Crippen LogP contribution in [0.15, 0.2) is 27.0 Å². The van der Waals surface area contributed by atoms with Gasteiger partial charge in [0.15, 0.2) is 5.84 Å². The van der Waals surface area contributed by atoms with Gasteiger partial charge in [-0.1, -0.05) is 0 Å². The van der Waals surface area contributed by atoms with Crippen LogP contribution in [0.4, 0.5) is 5.69 Å². The molecule has 13 nitrogen and oxygen atoms in total. The van der Waals surface area contributed by atoms with Crippen molar-refractivity contribution in [2.75, 3.05) is 44.2 Å². The zero-order valence-electron chi connectivity index (χ0n) is 18.1. The van der Waals surface area contributed by atoms with Gasteiger partial charge in [-0.2, -0.15) is 0 Å². The number of benzene rings is 1. The maximum atomic E-state index is 12.8. The molecule has 1 atom stereocenters. The summed E-state index contributed by atoms with van der Waals surface area (Å²) in [5.41, 5.74) is 19.3. The van der Waals surface area contributed by atoms with Crippen LogP contribution in [0.3, 0.4) is 0 Å². The molecule has 0 aromatic heterocycles. The number of rotatable bonds is 10. The second-order valence-corrected chi connectivity index (χ2v) is 9.73. The van der Waals surface area contributed by atoms with Gasteiger partial charge < -0.3 is 27.2 Å². The lowest BCUT2D eigenvalue weighted by Gasteiger charge is -2.35. The Labute approximate surface area is 192 Å². The molecule has 1 aromatic carbocycles. The Bertz CT molecular complexity index is 754. The minimum absolute atomic E-state index is 0.0793. The van der Waals surface area contributed by atoms with Gasteiger partial charge in [0.05, 0.1) is 17.1 Å². The van der Waals surface area contributed by atoms with Crippen molar-refractivity contribution in [3.63, 3.8) is 0 Å². The van der Waals surface area contributed by atoms with Crippen LogP contribution in [0, 0.1) is 0 Å². The highest BCUT2D eigenvalue weighted by atomic mass is 32.3. The zero-order chi connectivity index (χ0) is 24.1. The van der Waals surface area contributed by atoms with Gasteiger partial charge >= 0.3 is 0 Å². The van der Waals surface area contributed by atoms with Crippen molar-refractivity contribution in [3.8, 4) is 0 Å². The van der Waals surface area contributed by atoms with E-state index in [4.69, 9.17) is 33.3 Å². The number of hydrogen-bond donors (Lipinski definition) is 10. The molecule has 15 heteroatoms. The number of anilines is 1. The third kappa shape index (κ3) is 8.43. The Morgan fingerprint density at radius 1 is 1.19 bits per heavy atom. The number of hydrazine groups is 1. The van der Waals surface area contributed by atoms with Gasteiger partial charge in [0.2, 0.25) is 0 Å². The number of hydrazone groups is 1. The van der Waals surface area contributed by atoms with Crippen molar-refractivity contribution in [3.05, 3.63) is 17.7 Å². The van der Waals surface area contributed by atoms with Crippen LogP contribution >= 0.6 is 10.8 Å². The third-order valence-electron chi connectivity index (χ3n) is 4.48. The van der Waals surface area contributed by atoms with Crippen molar-refractivity contribution in [2.24, 2.45) is 33.3 Å². The molecule has 0 spiro atoms. The standard InChI is InChI=1S/C15H30N8O3S2.C2H7NO/c16-7-4-8-20-27(24)12-6-5-11(23-9-2-1-3-10-23)13(15(17)21-22-18)14(12)28(19,25)26;3-1-2-4/h5-6,20,22,25-26H,1-4,7-10,16,18-19H2,(H2,17,21);4H,1-3H2. The quantitative estimate of drug-likeness (QED) is 0.0596. The smallest absolute Gasteiger partial charge is 0.156 e. The Hall–Kier alpha value is -1.53. The van der Waals surface area contributed by atoms with Crippen LogP contribution in [0.5, 0.6) is 0 Å². The normalized spacial score (nSPS) is 16.2. The fraction of sp³-hybridized carbons (Fsp3) is 0.588. The summed E-state index contributed by atoms with van der Waals surface area (Å²) in [4.78, 5) is 2.09. The molecule has 186 valence electrons. The van der Waals surface area contributed by atoms with Gasteiger partial charge in [-0.3, -0.25) is 9.11 Å².